The zero-order chi connectivity index (χ0) is 27.7. The maximum atomic E-state index is 13.0. The van der Waals surface area contributed by atoms with Gasteiger partial charge in [-0.2, -0.15) is 11.8 Å². The van der Waals surface area contributed by atoms with E-state index in [0.29, 0.717) is 5.75 Å². The molecule has 2 amide bonds. The third-order valence-electron chi connectivity index (χ3n) is 9.50. The first kappa shape index (κ1) is 28.0. The van der Waals surface area contributed by atoms with Crippen LogP contribution in [0.3, 0.4) is 0 Å². The maximum Gasteiger partial charge on any atom is 0.319 e. The highest BCUT2D eigenvalue weighted by Crippen LogP contribution is 2.55. The second kappa shape index (κ2) is 12.0. The van der Waals surface area contributed by atoms with Crippen LogP contribution in [0.1, 0.15) is 74.5 Å². The van der Waals surface area contributed by atoms with E-state index in [1.165, 1.54) is 19.3 Å². The molecule has 4 aliphatic carbocycles. The molecule has 7 rings (SSSR count). The Morgan fingerprint density at radius 1 is 0.925 bits per heavy atom. The lowest BCUT2D eigenvalue weighted by Gasteiger charge is -2.56. The minimum Gasteiger partial charge on any atom is -0.396 e. The minimum atomic E-state index is -0.548. The Kier molecular flexibility index (Phi) is 8.43. The molecule has 1 saturated heterocycles. The number of carbonyl (C=O) groups is 1. The molecule has 40 heavy (non-hydrogen) atoms. The molecular formula is C32H42N2O5S. The van der Waals surface area contributed by atoms with E-state index in [4.69, 9.17) is 9.47 Å². The molecule has 8 heteroatoms. The quantitative estimate of drug-likeness (QED) is 0.287. The highest BCUT2D eigenvalue weighted by Gasteiger charge is 2.51. The summed E-state index contributed by atoms with van der Waals surface area (Å²) in [5.74, 6) is 3.89. The van der Waals surface area contributed by atoms with Gasteiger partial charge in [0.15, 0.2) is 6.29 Å². The van der Waals surface area contributed by atoms with Gasteiger partial charge in [-0.25, -0.2) is 4.79 Å². The lowest BCUT2D eigenvalue weighted by Crippen LogP contribution is -2.60. The number of ether oxygens (including phenoxy) is 2. The number of nitrogens with one attached hydrogen (secondary N) is 2. The van der Waals surface area contributed by atoms with Gasteiger partial charge in [0, 0.05) is 34.2 Å². The van der Waals surface area contributed by atoms with Gasteiger partial charge in [-0.05, 0) is 79.5 Å². The van der Waals surface area contributed by atoms with E-state index in [1.807, 2.05) is 48.5 Å². The van der Waals surface area contributed by atoms with Crippen molar-refractivity contribution in [2.75, 3.05) is 23.4 Å². The Balaban J connectivity index is 1.12. The van der Waals surface area contributed by atoms with E-state index in [0.717, 1.165) is 65.1 Å². The van der Waals surface area contributed by atoms with E-state index in [9.17, 15) is 15.0 Å². The van der Waals surface area contributed by atoms with Gasteiger partial charge in [0.2, 0.25) is 0 Å². The maximum absolute atomic E-state index is 13.0. The minimum absolute atomic E-state index is 0.00840. The molecule has 7 nitrogen and oxygen atoms in total. The van der Waals surface area contributed by atoms with Crippen LogP contribution in [-0.4, -0.2) is 46.0 Å². The molecule has 4 bridgehead atoms. The SMILES string of the molecule is CC1C(CSCCO)OC(c2ccc(NC(=O)NC34CC5CC(CC(C5)C3)C4)cc2)OC1c1ccc(CO)cc1. The lowest BCUT2D eigenvalue weighted by molar-refractivity contribution is -0.268. The van der Waals surface area contributed by atoms with Crippen LogP contribution in [-0.2, 0) is 16.1 Å². The van der Waals surface area contributed by atoms with Crippen molar-refractivity contribution in [2.24, 2.45) is 23.7 Å². The van der Waals surface area contributed by atoms with Crippen molar-refractivity contribution in [1.29, 1.82) is 0 Å². The summed E-state index contributed by atoms with van der Waals surface area (Å²) < 4.78 is 13.0. The van der Waals surface area contributed by atoms with Crippen LogP contribution in [0.25, 0.3) is 0 Å². The topological polar surface area (TPSA) is 100 Å². The van der Waals surface area contributed by atoms with Crippen LogP contribution in [0.15, 0.2) is 48.5 Å². The predicted octanol–water partition coefficient (Wildman–Crippen LogP) is 5.79. The fraction of sp³-hybridized carbons (Fsp3) is 0.594. The lowest BCUT2D eigenvalue weighted by atomic mass is 9.53. The van der Waals surface area contributed by atoms with Gasteiger partial charge < -0.3 is 30.3 Å². The van der Waals surface area contributed by atoms with E-state index >= 15 is 0 Å². The van der Waals surface area contributed by atoms with Crippen LogP contribution < -0.4 is 10.6 Å². The predicted molar refractivity (Wildman–Crippen MR) is 157 cm³/mol. The van der Waals surface area contributed by atoms with Crippen molar-refractivity contribution in [3.8, 4) is 0 Å². The van der Waals surface area contributed by atoms with Crippen LogP contribution >= 0.6 is 11.8 Å². The number of benzene rings is 2. The van der Waals surface area contributed by atoms with Crippen LogP contribution in [0.5, 0.6) is 0 Å². The molecule has 4 N–H and O–H groups in total. The Bertz CT molecular complexity index is 1120. The summed E-state index contributed by atoms with van der Waals surface area (Å²) in [5, 5.41) is 25.2. The number of hydrogen-bond acceptors (Lipinski definition) is 6. The monoisotopic (exact) mass is 566 g/mol. The van der Waals surface area contributed by atoms with Crippen molar-refractivity contribution < 1.29 is 24.5 Å². The molecule has 5 aliphatic rings. The molecule has 2 aromatic carbocycles. The first-order valence-corrected chi connectivity index (χ1v) is 16.0. The average molecular weight is 567 g/mol. The number of hydrogen-bond donors (Lipinski definition) is 4. The van der Waals surface area contributed by atoms with Gasteiger partial charge in [-0.3, -0.25) is 0 Å². The number of carbonyl (C=O) groups excluding carboxylic acids is 1. The molecule has 0 aromatic heterocycles. The fourth-order valence-corrected chi connectivity index (χ4v) is 8.87. The van der Waals surface area contributed by atoms with Gasteiger partial charge >= 0.3 is 6.03 Å². The van der Waals surface area contributed by atoms with E-state index in [1.54, 1.807) is 11.8 Å². The zero-order valence-electron chi connectivity index (χ0n) is 23.3. The molecule has 4 saturated carbocycles. The second-order valence-corrected chi connectivity index (χ2v) is 13.7. The van der Waals surface area contributed by atoms with Gasteiger partial charge in [-0.1, -0.05) is 43.3 Å². The summed E-state index contributed by atoms with van der Waals surface area (Å²) >= 11 is 1.68. The Hall–Kier alpha value is -2.10. The Morgan fingerprint density at radius 2 is 1.55 bits per heavy atom. The fourth-order valence-electron chi connectivity index (χ4n) is 7.96. The molecule has 216 valence electrons. The molecule has 4 unspecified atom stereocenters. The number of amides is 2. The van der Waals surface area contributed by atoms with E-state index < -0.39 is 6.29 Å². The zero-order valence-corrected chi connectivity index (χ0v) is 24.1. The number of anilines is 1. The van der Waals surface area contributed by atoms with Crippen molar-refractivity contribution >= 4 is 23.5 Å². The van der Waals surface area contributed by atoms with Crippen molar-refractivity contribution in [3.05, 3.63) is 65.2 Å². The van der Waals surface area contributed by atoms with Gasteiger partial charge in [0.25, 0.3) is 0 Å². The summed E-state index contributed by atoms with van der Waals surface area (Å²) in [7, 11) is 0. The first-order valence-electron chi connectivity index (χ1n) is 14.8. The highest BCUT2D eigenvalue weighted by molar-refractivity contribution is 7.99. The number of aliphatic hydroxyl groups excluding tert-OH is 2. The summed E-state index contributed by atoms with van der Waals surface area (Å²) in [6.07, 6.45) is 6.66. The number of urea groups is 1. The van der Waals surface area contributed by atoms with E-state index in [2.05, 4.69) is 17.6 Å². The van der Waals surface area contributed by atoms with Crippen LogP contribution in [0.4, 0.5) is 10.5 Å². The molecule has 2 aromatic rings. The molecule has 1 aliphatic heterocycles. The van der Waals surface area contributed by atoms with Gasteiger partial charge in [0.05, 0.1) is 25.4 Å². The Labute approximate surface area is 241 Å². The number of rotatable bonds is 9. The van der Waals surface area contributed by atoms with Gasteiger partial charge in [0.1, 0.15) is 0 Å². The summed E-state index contributed by atoms with van der Waals surface area (Å²) in [4.78, 5) is 13.0. The average Bonchev–Trinajstić information content (AvgIpc) is 2.93. The molecular weight excluding hydrogens is 524 g/mol. The smallest absolute Gasteiger partial charge is 0.319 e. The molecule has 0 radical (unpaired) electrons. The van der Waals surface area contributed by atoms with Crippen molar-refractivity contribution in [2.45, 2.75) is 76.1 Å². The van der Waals surface area contributed by atoms with Crippen LogP contribution in [0.2, 0.25) is 0 Å². The molecule has 4 atom stereocenters. The molecule has 0 spiro atoms. The van der Waals surface area contributed by atoms with E-state index in [-0.39, 0.29) is 42.9 Å². The molecule has 5 fully saturated rings. The highest BCUT2D eigenvalue weighted by atomic mass is 32.2. The normalized spacial score (nSPS) is 34.5. The third kappa shape index (κ3) is 6.07. The summed E-state index contributed by atoms with van der Waals surface area (Å²) in [5.41, 5.74) is 3.54. The van der Waals surface area contributed by atoms with Crippen LogP contribution in [0, 0.1) is 23.7 Å². The Morgan fingerprint density at radius 3 is 2.15 bits per heavy atom. The second-order valence-electron chi connectivity index (χ2n) is 12.5. The first-order chi connectivity index (χ1) is 19.4. The van der Waals surface area contributed by atoms with Gasteiger partial charge in [-0.15, -0.1) is 0 Å². The van der Waals surface area contributed by atoms with Crippen molar-refractivity contribution in [3.63, 3.8) is 0 Å². The third-order valence-corrected chi connectivity index (χ3v) is 10.5. The number of aliphatic hydroxyl groups is 2. The molecule has 1 heterocycles. The number of thioether (sulfide) groups is 1. The summed E-state index contributed by atoms with van der Waals surface area (Å²) in [6, 6.07) is 15.5. The standard InChI is InChI=1S/C32H42N2O5S/c1-20-28(19-40-11-10-35)38-30(39-29(20)25-4-2-21(18-36)3-5-25)26-6-8-27(9-7-26)33-31(37)34-32-15-22-12-23(16-32)14-24(13-22)17-32/h2-9,20,22-24,28-30,35-36H,10-19H2,1H3,(H2,33,34,37). The largest absolute Gasteiger partial charge is 0.396 e. The van der Waals surface area contributed by atoms with Crippen molar-refractivity contribution in [1.82, 2.24) is 5.32 Å². The summed E-state index contributed by atoms with van der Waals surface area (Å²) in [6.45, 7) is 2.29.